The first kappa shape index (κ1) is 25.6. The molecule has 0 spiro atoms. The summed E-state index contributed by atoms with van der Waals surface area (Å²) in [5, 5.41) is 0.111. The van der Waals surface area contributed by atoms with Crippen LogP contribution in [0.2, 0.25) is 0 Å². The Balaban J connectivity index is 1.75. The van der Waals surface area contributed by atoms with Crippen LogP contribution in [0.3, 0.4) is 0 Å². The number of ether oxygens (including phenoxy) is 1. The van der Waals surface area contributed by atoms with E-state index in [1.165, 1.54) is 16.7 Å². The maximum Gasteiger partial charge on any atom is 0.410 e. The maximum absolute atomic E-state index is 12.9. The summed E-state index contributed by atoms with van der Waals surface area (Å²) in [6, 6.07) is 31.4. The summed E-state index contributed by atoms with van der Waals surface area (Å²) in [4.78, 5) is 26.2. The fourth-order valence-electron chi connectivity index (χ4n) is 4.95. The van der Waals surface area contributed by atoms with Crippen molar-refractivity contribution >= 4 is 23.8 Å². The minimum Gasteiger partial charge on any atom is -0.445 e. The predicted molar refractivity (Wildman–Crippen MR) is 146 cm³/mol. The smallest absolute Gasteiger partial charge is 0.410 e. The Morgan fingerprint density at radius 3 is 1.89 bits per heavy atom. The minimum atomic E-state index is -0.482. The fourth-order valence-corrected chi connectivity index (χ4v) is 6.82. The average molecular weight is 501 g/mol. The van der Waals surface area contributed by atoms with Gasteiger partial charge in [0.1, 0.15) is 6.61 Å². The monoisotopic (exact) mass is 500 g/mol. The lowest BCUT2D eigenvalue weighted by atomic mass is 9.84. The fraction of sp³-hybridized carbons (Fsp3) is 0.267. The molecule has 2 N–H and O–H groups in total. The molecule has 0 saturated carbocycles. The van der Waals surface area contributed by atoms with Gasteiger partial charge in [0.05, 0.1) is 4.75 Å². The van der Waals surface area contributed by atoms with E-state index in [2.05, 4.69) is 79.4 Å². The summed E-state index contributed by atoms with van der Waals surface area (Å²) in [5.41, 5.74) is 8.97. The Labute approximate surface area is 217 Å². The SMILES string of the molecule is C=CCOC(=O)N1C[C@@H](SC(c2ccccc2)(c2ccccc2)c2ccccc2)C[C@H]1CCC(N)=O. The molecule has 0 bridgehead atoms. The second kappa shape index (κ2) is 12.0. The van der Waals surface area contributed by atoms with E-state index >= 15 is 0 Å². The van der Waals surface area contributed by atoms with Gasteiger partial charge >= 0.3 is 6.09 Å². The van der Waals surface area contributed by atoms with Crippen LogP contribution in [0.15, 0.2) is 104 Å². The topological polar surface area (TPSA) is 72.6 Å². The lowest BCUT2D eigenvalue weighted by Crippen LogP contribution is -2.37. The highest BCUT2D eigenvalue weighted by atomic mass is 32.2. The number of benzene rings is 3. The zero-order valence-electron chi connectivity index (χ0n) is 20.3. The van der Waals surface area contributed by atoms with Crippen molar-refractivity contribution < 1.29 is 14.3 Å². The van der Waals surface area contributed by atoms with Crippen molar-refractivity contribution in [1.29, 1.82) is 0 Å². The molecule has 1 heterocycles. The van der Waals surface area contributed by atoms with Gasteiger partial charge in [-0.2, -0.15) is 0 Å². The van der Waals surface area contributed by atoms with Gasteiger partial charge in [0.15, 0.2) is 0 Å². The predicted octanol–water partition coefficient (Wildman–Crippen LogP) is 5.74. The highest BCUT2D eigenvalue weighted by molar-refractivity contribution is 8.01. The molecule has 3 aromatic carbocycles. The second-order valence-electron chi connectivity index (χ2n) is 8.93. The van der Waals surface area contributed by atoms with Gasteiger partial charge in [0.25, 0.3) is 0 Å². The van der Waals surface area contributed by atoms with E-state index in [0.29, 0.717) is 13.0 Å². The second-order valence-corrected chi connectivity index (χ2v) is 10.4. The summed E-state index contributed by atoms with van der Waals surface area (Å²) in [6.07, 6.45) is 2.68. The van der Waals surface area contributed by atoms with Crippen LogP contribution in [-0.2, 0) is 14.3 Å². The summed E-state index contributed by atoms with van der Waals surface area (Å²) < 4.78 is 4.91. The number of primary amides is 1. The lowest BCUT2D eigenvalue weighted by Gasteiger charge is -2.37. The van der Waals surface area contributed by atoms with Crippen LogP contribution < -0.4 is 5.73 Å². The molecule has 6 heteroatoms. The molecule has 36 heavy (non-hydrogen) atoms. The Bertz CT molecular complexity index is 1060. The third-order valence-corrected chi connectivity index (χ3v) is 8.28. The number of carbonyl (C=O) groups is 2. The van der Waals surface area contributed by atoms with Crippen molar-refractivity contribution in [2.24, 2.45) is 5.73 Å². The van der Waals surface area contributed by atoms with Crippen LogP contribution in [0.25, 0.3) is 0 Å². The molecule has 0 radical (unpaired) electrons. The molecule has 0 aromatic heterocycles. The Morgan fingerprint density at radius 2 is 1.44 bits per heavy atom. The molecule has 1 aliphatic heterocycles. The van der Waals surface area contributed by atoms with Crippen LogP contribution >= 0.6 is 11.8 Å². The summed E-state index contributed by atoms with van der Waals surface area (Å²) in [7, 11) is 0. The van der Waals surface area contributed by atoms with Gasteiger partial charge in [-0.15, -0.1) is 11.8 Å². The molecule has 4 rings (SSSR count). The largest absolute Gasteiger partial charge is 0.445 e. The van der Waals surface area contributed by atoms with E-state index in [-0.39, 0.29) is 36.3 Å². The number of rotatable bonds is 10. The van der Waals surface area contributed by atoms with Gasteiger partial charge in [-0.1, -0.05) is 104 Å². The Hall–Kier alpha value is -3.51. The van der Waals surface area contributed by atoms with Crippen LogP contribution in [-0.4, -0.2) is 41.3 Å². The summed E-state index contributed by atoms with van der Waals surface area (Å²) in [6.45, 7) is 4.32. The molecule has 2 atom stereocenters. The molecule has 1 fully saturated rings. The van der Waals surface area contributed by atoms with E-state index in [4.69, 9.17) is 10.5 Å². The number of hydrogen-bond acceptors (Lipinski definition) is 4. The third-order valence-electron chi connectivity index (χ3n) is 6.54. The van der Waals surface area contributed by atoms with Crippen molar-refractivity contribution in [3.8, 4) is 0 Å². The highest BCUT2D eigenvalue weighted by Crippen LogP contribution is 2.52. The van der Waals surface area contributed by atoms with Gasteiger partial charge in [-0.3, -0.25) is 4.79 Å². The molecule has 3 aromatic rings. The van der Waals surface area contributed by atoms with Gasteiger partial charge in [0, 0.05) is 24.3 Å². The molecular weight excluding hydrogens is 468 g/mol. The third kappa shape index (κ3) is 5.65. The number of hydrogen-bond donors (Lipinski definition) is 1. The number of likely N-dealkylation sites (tertiary alicyclic amines) is 1. The number of thioether (sulfide) groups is 1. The average Bonchev–Trinajstić information content (AvgIpc) is 3.33. The number of amides is 2. The Morgan fingerprint density at radius 1 is 0.944 bits per heavy atom. The zero-order chi connectivity index (χ0) is 25.4. The quantitative estimate of drug-likeness (QED) is 0.284. The molecule has 1 aliphatic rings. The van der Waals surface area contributed by atoms with Crippen molar-refractivity contribution in [3.63, 3.8) is 0 Å². The van der Waals surface area contributed by atoms with Gasteiger partial charge in [-0.05, 0) is 29.5 Å². The van der Waals surface area contributed by atoms with Gasteiger partial charge in [0.2, 0.25) is 5.91 Å². The first-order valence-corrected chi connectivity index (χ1v) is 13.1. The molecule has 0 unspecified atom stereocenters. The van der Waals surface area contributed by atoms with E-state index < -0.39 is 4.75 Å². The molecule has 2 amide bonds. The standard InChI is InChI=1S/C30H32N2O3S/c1-2-20-35-29(34)32-22-27(21-26(32)18-19-28(31)33)36-30(23-12-6-3-7-13-23,24-14-8-4-9-15-24)25-16-10-5-11-17-25/h2-17,26-27H,1,18-22H2,(H2,31,33)/t26-,27+/m1/s1. The maximum atomic E-state index is 12.9. The van der Waals surface area contributed by atoms with Gasteiger partial charge in [-0.25, -0.2) is 4.79 Å². The van der Waals surface area contributed by atoms with E-state index in [9.17, 15) is 9.59 Å². The van der Waals surface area contributed by atoms with E-state index in [1.54, 1.807) is 11.0 Å². The van der Waals surface area contributed by atoms with Crippen LogP contribution in [0.4, 0.5) is 4.79 Å². The number of carbonyl (C=O) groups excluding carboxylic acids is 2. The zero-order valence-corrected chi connectivity index (χ0v) is 21.1. The number of nitrogens with two attached hydrogens (primary N) is 1. The minimum absolute atomic E-state index is 0.111. The number of nitrogens with zero attached hydrogens (tertiary/aromatic N) is 1. The van der Waals surface area contributed by atoms with E-state index in [1.807, 2.05) is 30.0 Å². The normalized spacial score (nSPS) is 17.5. The lowest BCUT2D eigenvalue weighted by molar-refractivity contribution is -0.118. The first-order valence-electron chi connectivity index (χ1n) is 12.2. The molecule has 0 aliphatic carbocycles. The van der Waals surface area contributed by atoms with E-state index in [0.717, 1.165) is 6.42 Å². The molecule has 186 valence electrons. The van der Waals surface area contributed by atoms with Crippen molar-refractivity contribution in [2.75, 3.05) is 13.2 Å². The molecule has 1 saturated heterocycles. The summed E-state index contributed by atoms with van der Waals surface area (Å²) >= 11 is 1.86. The molecule has 5 nitrogen and oxygen atoms in total. The van der Waals surface area contributed by atoms with Crippen LogP contribution in [0, 0.1) is 0 Å². The van der Waals surface area contributed by atoms with Gasteiger partial charge < -0.3 is 15.4 Å². The first-order chi connectivity index (χ1) is 17.5. The van der Waals surface area contributed by atoms with Crippen LogP contribution in [0.5, 0.6) is 0 Å². The van der Waals surface area contributed by atoms with Crippen molar-refractivity contribution in [2.45, 2.75) is 35.3 Å². The summed E-state index contributed by atoms with van der Waals surface area (Å²) in [5.74, 6) is -0.363. The molecular formula is C30H32N2O3S. The van der Waals surface area contributed by atoms with Crippen molar-refractivity contribution in [3.05, 3.63) is 120 Å². The Kier molecular flexibility index (Phi) is 8.49. The highest BCUT2D eigenvalue weighted by Gasteiger charge is 2.44. The van der Waals surface area contributed by atoms with Crippen LogP contribution in [0.1, 0.15) is 36.0 Å². The van der Waals surface area contributed by atoms with Crippen molar-refractivity contribution in [1.82, 2.24) is 4.90 Å².